The Bertz CT molecular complexity index is 1510. The number of carboxylic acid groups (broad SMARTS) is 1. The fourth-order valence-corrected chi connectivity index (χ4v) is 6.74. The zero-order valence-electron chi connectivity index (χ0n) is 28.0. The first-order chi connectivity index (χ1) is 21.7. The maximum absolute atomic E-state index is 13.1. The summed E-state index contributed by atoms with van der Waals surface area (Å²) in [7, 11) is 0. The van der Waals surface area contributed by atoms with Gasteiger partial charge in [-0.25, -0.2) is 19.6 Å². The highest BCUT2D eigenvalue weighted by Crippen LogP contribution is 2.37. The molecule has 2 aliphatic carbocycles. The molecule has 2 saturated carbocycles. The smallest absolute Gasteiger partial charge is 0.433 e. The van der Waals surface area contributed by atoms with Crippen molar-refractivity contribution < 1.29 is 19.4 Å². The Balaban J connectivity index is 1.61. The Kier molecular flexibility index (Phi) is 9.65. The van der Waals surface area contributed by atoms with E-state index in [1.165, 1.54) is 6.42 Å². The van der Waals surface area contributed by atoms with Gasteiger partial charge in [-0.05, 0) is 78.1 Å². The molecule has 3 fully saturated rings. The lowest BCUT2D eigenvalue weighted by Gasteiger charge is -2.44. The molecular weight excluding hydrogens is 586 g/mol. The minimum atomic E-state index is -1.43. The van der Waals surface area contributed by atoms with E-state index in [1.54, 1.807) is 4.90 Å². The van der Waals surface area contributed by atoms with Gasteiger partial charge in [0.1, 0.15) is 17.2 Å². The summed E-state index contributed by atoms with van der Waals surface area (Å²) < 4.78 is 7.88. The molecule has 13 nitrogen and oxygen atoms in total. The molecule has 0 radical (unpaired) electrons. The Morgan fingerprint density at radius 1 is 1.13 bits per heavy atom. The number of carbonyl (C=O) groups excluding carboxylic acids is 1. The van der Waals surface area contributed by atoms with Crippen molar-refractivity contribution in [1.29, 1.82) is 0 Å². The average Bonchev–Trinajstić information content (AvgIpc) is 3.29. The molecule has 3 aliphatic rings. The molecule has 46 heavy (non-hydrogen) atoms. The van der Waals surface area contributed by atoms with Gasteiger partial charge in [-0.1, -0.05) is 32.1 Å². The molecule has 3 atom stereocenters. The summed E-state index contributed by atoms with van der Waals surface area (Å²) in [5.41, 5.74) is 6.56. The highest BCUT2D eigenvalue weighted by molar-refractivity contribution is 6.01. The number of hydrogen-bond acceptors (Lipinski definition) is 8. The maximum atomic E-state index is 13.1. The number of carbonyl (C=O) groups is 2. The van der Waals surface area contributed by atoms with Gasteiger partial charge in [0.15, 0.2) is 23.1 Å². The second kappa shape index (κ2) is 13.3. The van der Waals surface area contributed by atoms with E-state index < -0.39 is 23.8 Å². The van der Waals surface area contributed by atoms with Gasteiger partial charge in [0.05, 0.1) is 12.6 Å². The summed E-state index contributed by atoms with van der Waals surface area (Å²) in [6.45, 7) is 13.4. The van der Waals surface area contributed by atoms with Crippen molar-refractivity contribution >= 4 is 41.0 Å². The summed E-state index contributed by atoms with van der Waals surface area (Å²) >= 11 is 0. The third-order valence-corrected chi connectivity index (χ3v) is 9.64. The number of anilines is 2. The van der Waals surface area contributed by atoms with Crippen LogP contribution in [0.2, 0.25) is 0 Å². The average molecular weight is 636 g/mol. The molecule has 2 aromatic heterocycles. The molecule has 0 unspecified atom stereocenters. The van der Waals surface area contributed by atoms with E-state index in [1.807, 2.05) is 27.7 Å². The van der Waals surface area contributed by atoms with Crippen molar-refractivity contribution in [3.63, 3.8) is 0 Å². The van der Waals surface area contributed by atoms with Gasteiger partial charge >= 0.3 is 12.2 Å². The quantitative estimate of drug-likeness (QED) is 0.212. The normalized spacial score (nSPS) is 25.1. The molecule has 2 aromatic rings. The molecule has 250 valence electrons. The molecule has 4 N–H and O–H groups in total. The number of imidazole rings is 1. The molecule has 13 heteroatoms. The van der Waals surface area contributed by atoms with Crippen LogP contribution in [0.15, 0.2) is 4.99 Å². The second-order valence-corrected chi connectivity index (χ2v) is 14.4. The third kappa shape index (κ3) is 7.32. The van der Waals surface area contributed by atoms with Crippen LogP contribution < -0.4 is 16.0 Å². The minimum absolute atomic E-state index is 0.00230. The van der Waals surface area contributed by atoms with Gasteiger partial charge < -0.3 is 35.3 Å². The van der Waals surface area contributed by atoms with E-state index in [2.05, 4.69) is 44.5 Å². The van der Waals surface area contributed by atoms with E-state index in [9.17, 15) is 14.7 Å². The predicted molar refractivity (Wildman–Crippen MR) is 178 cm³/mol. The van der Waals surface area contributed by atoms with Crippen molar-refractivity contribution in [3.05, 3.63) is 5.82 Å². The maximum Gasteiger partial charge on any atom is 0.433 e. The van der Waals surface area contributed by atoms with Crippen molar-refractivity contribution in [1.82, 2.24) is 24.4 Å². The zero-order valence-corrected chi connectivity index (χ0v) is 28.0. The summed E-state index contributed by atoms with van der Waals surface area (Å²) in [4.78, 5) is 46.2. The van der Waals surface area contributed by atoms with Gasteiger partial charge in [-0.15, -0.1) is 6.42 Å². The number of amidine groups is 1. The molecule has 0 aromatic carbocycles. The Labute approximate surface area is 271 Å². The number of amides is 2. The molecule has 1 aliphatic heterocycles. The first-order valence-electron chi connectivity index (χ1n) is 16.6. The summed E-state index contributed by atoms with van der Waals surface area (Å²) in [5.74, 6) is 5.41. The number of ether oxygens (including phenoxy) is 1. The van der Waals surface area contributed by atoms with Gasteiger partial charge in [-0.2, -0.15) is 9.98 Å². The van der Waals surface area contributed by atoms with Crippen molar-refractivity contribution in [3.8, 4) is 12.3 Å². The van der Waals surface area contributed by atoms with Crippen molar-refractivity contribution in [2.75, 3.05) is 23.3 Å². The number of nitrogens with zero attached hydrogens (tertiary/aromatic N) is 7. The van der Waals surface area contributed by atoms with Crippen LogP contribution in [-0.2, 0) is 11.3 Å². The van der Waals surface area contributed by atoms with E-state index in [0.717, 1.165) is 44.0 Å². The number of hydrogen-bond donors (Lipinski definition) is 3. The lowest BCUT2D eigenvalue weighted by Crippen LogP contribution is -2.60. The molecule has 0 spiro atoms. The van der Waals surface area contributed by atoms with Gasteiger partial charge in [0.25, 0.3) is 0 Å². The van der Waals surface area contributed by atoms with Crippen LogP contribution in [0.3, 0.4) is 0 Å². The lowest BCUT2D eigenvalue weighted by atomic mass is 9.80. The summed E-state index contributed by atoms with van der Waals surface area (Å²) in [6.07, 6.45) is 12.3. The van der Waals surface area contributed by atoms with E-state index in [-0.39, 0.29) is 30.3 Å². The molecule has 2 amide bonds. The van der Waals surface area contributed by atoms with Crippen molar-refractivity contribution in [2.24, 2.45) is 28.5 Å². The highest BCUT2D eigenvalue weighted by atomic mass is 16.6. The summed E-state index contributed by atoms with van der Waals surface area (Å²) in [5, 5.41) is 12.9. The van der Waals surface area contributed by atoms with Crippen LogP contribution in [0.4, 0.5) is 21.4 Å². The first kappa shape index (κ1) is 33.3. The number of nitrogens with one attached hydrogen (secondary N) is 1. The molecule has 1 saturated heterocycles. The molecule has 0 bridgehead atoms. The first-order valence-corrected chi connectivity index (χ1v) is 16.6. The van der Waals surface area contributed by atoms with Crippen LogP contribution in [0.25, 0.3) is 11.2 Å². The highest BCUT2D eigenvalue weighted by Gasteiger charge is 2.39. The Morgan fingerprint density at radius 2 is 1.83 bits per heavy atom. The number of rotatable bonds is 7. The molecule has 3 heterocycles. The standard InChI is InChI=1S/C33H49N9O4/c1-8-24-18-40(32(45)46-33(5,6)7)20(3)16-41(24)30-39-28-25(42(30)17-22-14-12-19(2)13-15-22)27(35-21(4)23-10-9-11-23)37-29(38-28)26(34)36-31(43)44/h1,19-24H,9-18H2,2-7H3,(H2,34,36)(H,43,44)(H,35,37,38)/t19?,20-,21+,22?,24+/m0/s1. The monoisotopic (exact) mass is 635 g/mol. The number of nitrogens with two attached hydrogens (primary N) is 1. The largest absolute Gasteiger partial charge is 0.463 e. The zero-order chi connectivity index (χ0) is 33.3. The topological polar surface area (TPSA) is 164 Å². The van der Waals surface area contributed by atoms with Gasteiger partial charge in [0, 0.05) is 19.1 Å². The van der Waals surface area contributed by atoms with Crippen LogP contribution >= 0.6 is 0 Å². The number of terminal acetylenes is 1. The minimum Gasteiger partial charge on any atom is -0.463 e. The number of aliphatic imine (C=N–C) groups is 1. The fourth-order valence-electron chi connectivity index (χ4n) is 6.74. The van der Waals surface area contributed by atoms with E-state index >= 15 is 0 Å². The molecule has 5 rings (SSSR count). The SMILES string of the molecule is C#C[C@@H]1CN(C(=O)OC(C)(C)C)[C@@H](C)CN1c1nc2nc(/C(N)=N/C(=O)O)nc(N[C@H](C)C3CCC3)c2n1CC1CCC(C)CC1. The third-order valence-electron chi connectivity index (χ3n) is 9.64. The summed E-state index contributed by atoms with van der Waals surface area (Å²) in [6, 6.07) is -0.558. The lowest BCUT2D eigenvalue weighted by molar-refractivity contribution is 0.0140. The van der Waals surface area contributed by atoms with Crippen LogP contribution in [-0.4, -0.2) is 84.4 Å². The van der Waals surface area contributed by atoms with Gasteiger partial charge in [0.2, 0.25) is 5.95 Å². The van der Waals surface area contributed by atoms with E-state index in [4.69, 9.17) is 26.9 Å². The molecular formula is C33H49N9O4. The van der Waals surface area contributed by atoms with Crippen LogP contribution in [0.1, 0.15) is 92.3 Å². The van der Waals surface area contributed by atoms with Crippen LogP contribution in [0, 0.1) is 30.1 Å². The Morgan fingerprint density at radius 3 is 2.41 bits per heavy atom. The fraction of sp³-hybridized carbons (Fsp3) is 0.697. The van der Waals surface area contributed by atoms with Crippen molar-refractivity contribution in [2.45, 2.75) is 117 Å². The number of fused-ring (bicyclic) bond motifs is 1. The number of aromatic nitrogens is 4. The van der Waals surface area contributed by atoms with Crippen LogP contribution in [0.5, 0.6) is 0 Å². The number of piperazine rings is 1. The second-order valence-electron chi connectivity index (χ2n) is 14.4. The predicted octanol–water partition coefficient (Wildman–Crippen LogP) is 5.08. The Hall–Kier alpha value is -4.08. The van der Waals surface area contributed by atoms with E-state index in [0.29, 0.717) is 48.3 Å². The van der Waals surface area contributed by atoms with Gasteiger partial charge in [-0.3, -0.25) is 0 Å².